The van der Waals surface area contributed by atoms with Crippen LogP contribution in [0, 0.1) is 10.1 Å². The molecule has 0 spiro atoms. The number of nitrogens with two attached hydrogens (primary N) is 1. The minimum absolute atomic E-state index is 0.0584. The molecule has 0 saturated carbocycles. The molecule has 1 heterocycles. The number of rotatable bonds is 5. The van der Waals surface area contributed by atoms with Gasteiger partial charge in [-0.05, 0) is 6.07 Å². The second-order valence-electron chi connectivity index (χ2n) is 3.41. The van der Waals surface area contributed by atoms with Gasteiger partial charge in [0.25, 0.3) is 0 Å². The Balaban J connectivity index is 2.19. The number of nitrogen functional groups attached to an aromatic ring is 1. The Labute approximate surface area is 111 Å². The zero-order chi connectivity index (χ0) is 13.8. The fourth-order valence-corrected chi connectivity index (χ4v) is 1.87. The number of hydrogen-bond acceptors (Lipinski definition) is 8. The summed E-state index contributed by atoms with van der Waals surface area (Å²) in [6.07, 6.45) is 0. The molecular weight excluding hydrogens is 272 g/mol. The zero-order valence-electron chi connectivity index (χ0n) is 9.90. The molecular formula is C10H10N4O4S. The van der Waals surface area contributed by atoms with Gasteiger partial charge in [-0.3, -0.25) is 10.1 Å². The molecule has 1 aromatic carbocycles. The van der Waals surface area contributed by atoms with Crippen molar-refractivity contribution < 1.29 is 14.4 Å². The zero-order valence-corrected chi connectivity index (χ0v) is 10.7. The molecule has 0 radical (unpaired) electrons. The average molecular weight is 282 g/mol. The average Bonchev–Trinajstić information content (AvgIpc) is 2.81. The topological polar surface area (TPSA) is 113 Å². The van der Waals surface area contributed by atoms with Crippen molar-refractivity contribution in [3.8, 4) is 11.5 Å². The molecule has 2 N–H and O–H groups in total. The van der Waals surface area contributed by atoms with Crippen LogP contribution in [0.4, 0.5) is 10.8 Å². The number of ether oxygens (including phenoxy) is 2. The number of hydrogen-bond donors (Lipinski definition) is 1. The van der Waals surface area contributed by atoms with E-state index in [1.807, 2.05) is 0 Å². The minimum atomic E-state index is -0.525. The number of nitro benzene ring substituents is 1. The predicted octanol–water partition coefficient (Wildman–Crippen LogP) is 1.62. The molecule has 0 aliphatic carbocycles. The summed E-state index contributed by atoms with van der Waals surface area (Å²) in [4.78, 5) is 10.4. The molecule has 0 unspecified atom stereocenters. The Morgan fingerprint density at radius 3 is 2.84 bits per heavy atom. The Morgan fingerprint density at radius 2 is 2.26 bits per heavy atom. The number of benzene rings is 1. The second kappa shape index (κ2) is 5.48. The molecule has 19 heavy (non-hydrogen) atoms. The number of aromatic nitrogens is 2. The number of nitrogens with zero attached hydrogens (tertiary/aromatic N) is 3. The van der Waals surface area contributed by atoms with Crippen molar-refractivity contribution >= 4 is 22.2 Å². The van der Waals surface area contributed by atoms with E-state index < -0.39 is 4.92 Å². The highest BCUT2D eigenvalue weighted by Gasteiger charge is 2.16. The SMILES string of the molecule is COc1ccc([N+](=O)[O-])c(OCc2nnc(N)s2)c1. The third-order valence-electron chi connectivity index (χ3n) is 2.20. The van der Waals surface area contributed by atoms with Gasteiger partial charge in [-0.2, -0.15) is 0 Å². The van der Waals surface area contributed by atoms with Gasteiger partial charge in [0.15, 0.2) is 5.01 Å². The van der Waals surface area contributed by atoms with Gasteiger partial charge >= 0.3 is 5.69 Å². The van der Waals surface area contributed by atoms with Crippen LogP contribution in [0.1, 0.15) is 5.01 Å². The molecule has 0 saturated heterocycles. The molecule has 100 valence electrons. The van der Waals surface area contributed by atoms with E-state index >= 15 is 0 Å². The van der Waals surface area contributed by atoms with Gasteiger partial charge < -0.3 is 15.2 Å². The first kappa shape index (κ1) is 13.0. The van der Waals surface area contributed by atoms with Crippen molar-refractivity contribution in [1.29, 1.82) is 0 Å². The van der Waals surface area contributed by atoms with E-state index in [1.165, 1.54) is 25.3 Å². The van der Waals surface area contributed by atoms with E-state index in [4.69, 9.17) is 15.2 Å². The molecule has 2 aromatic rings. The van der Waals surface area contributed by atoms with E-state index in [0.717, 1.165) is 11.3 Å². The molecule has 0 amide bonds. The second-order valence-corrected chi connectivity index (χ2v) is 4.51. The van der Waals surface area contributed by atoms with Crippen molar-refractivity contribution in [1.82, 2.24) is 10.2 Å². The van der Waals surface area contributed by atoms with Crippen molar-refractivity contribution in [3.63, 3.8) is 0 Å². The molecule has 0 aliphatic heterocycles. The first-order valence-electron chi connectivity index (χ1n) is 5.13. The summed E-state index contributed by atoms with van der Waals surface area (Å²) in [5, 5.41) is 19.1. The van der Waals surface area contributed by atoms with Gasteiger partial charge in [0.2, 0.25) is 10.9 Å². The summed E-state index contributed by atoms with van der Waals surface area (Å²) in [6.45, 7) is 0.0584. The van der Waals surface area contributed by atoms with Crippen LogP contribution in [-0.4, -0.2) is 22.2 Å². The quantitative estimate of drug-likeness (QED) is 0.654. The minimum Gasteiger partial charge on any atom is -0.497 e. The third kappa shape index (κ3) is 3.07. The van der Waals surface area contributed by atoms with Crippen molar-refractivity contribution in [2.24, 2.45) is 0 Å². The van der Waals surface area contributed by atoms with E-state index in [-0.39, 0.29) is 18.0 Å². The van der Waals surface area contributed by atoms with Crippen LogP contribution in [0.2, 0.25) is 0 Å². The smallest absolute Gasteiger partial charge is 0.311 e. The van der Waals surface area contributed by atoms with Gasteiger partial charge in [-0.25, -0.2) is 0 Å². The summed E-state index contributed by atoms with van der Waals surface area (Å²) in [5.41, 5.74) is 5.29. The van der Waals surface area contributed by atoms with Crippen molar-refractivity contribution in [2.75, 3.05) is 12.8 Å². The van der Waals surface area contributed by atoms with Crippen LogP contribution in [0.5, 0.6) is 11.5 Å². The first-order valence-corrected chi connectivity index (χ1v) is 5.95. The van der Waals surface area contributed by atoms with Gasteiger partial charge in [0.1, 0.15) is 12.4 Å². The predicted molar refractivity (Wildman–Crippen MR) is 68.3 cm³/mol. The number of nitro groups is 1. The van der Waals surface area contributed by atoms with E-state index in [1.54, 1.807) is 0 Å². The lowest BCUT2D eigenvalue weighted by molar-refractivity contribution is -0.386. The highest BCUT2D eigenvalue weighted by atomic mass is 32.1. The normalized spacial score (nSPS) is 10.2. The maximum absolute atomic E-state index is 10.9. The Morgan fingerprint density at radius 1 is 1.47 bits per heavy atom. The molecule has 0 aliphatic rings. The molecule has 0 bridgehead atoms. The molecule has 8 nitrogen and oxygen atoms in total. The fraction of sp³-hybridized carbons (Fsp3) is 0.200. The standard InChI is InChI=1S/C10H10N4O4S/c1-17-6-2-3-7(14(15)16)8(4-6)18-5-9-12-13-10(11)19-9/h2-4H,5H2,1H3,(H2,11,13). The lowest BCUT2D eigenvalue weighted by Crippen LogP contribution is -1.99. The van der Waals surface area contributed by atoms with Crippen LogP contribution in [0.25, 0.3) is 0 Å². The maximum Gasteiger partial charge on any atom is 0.311 e. The maximum atomic E-state index is 10.9. The summed E-state index contributed by atoms with van der Waals surface area (Å²) in [6, 6.07) is 4.26. The van der Waals surface area contributed by atoms with Crippen molar-refractivity contribution in [2.45, 2.75) is 6.61 Å². The lowest BCUT2D eigenvalue weighted by atomic mass is 10.3. The first-order chi connectivity index (χ1) is 9.10. The molecule has 0 atom stereocenters. The summed E-state index contributed by atoms with van der Waals surface area (Å²) < 4.78 is 10.4. The van der Waals surface area contributed by atoms with Crippen LogP contribution >= 0.6 is 11.3 Å². The highest BCUT2D eigenvalue weighted by Crippen LogP contribution is 2.31. The summed E-state index contributed by atoms with van der Waals surface area (Å²) in [5.74, 6) is 0.579. The van der Waals surface area contributed by atoms with Gasteiger partial charge in [0.05, 0.1) is 12.0 Å². The van der Waals surface area contributed by atoms with Crippen LogP contribution in [-0.2, 0) is 6.61 Å². The monoisotopic (exact) mass is 282 g/mol. The van der Waals surface area contributed by atoms with E-state index in [0.29, 0.717) is 15.9 Å². The highest BCUT2D eigenvalue weighted by molar-refractivity contribution is 7.15. The lowest BCUT2D eigenvalue weighted by Gasteiger charge is -2.06. The van der Waals surface area contributed by atoms with E-state index in [2.05, 4.69) is 10.2 Å². The van der Waals surface area contributed by atoms with Gasteiger partial charge in [-0.15, -0.1) is 10.2 Å². The summed E-state index contributed by atoms with van der Waals surface area (Å²) in [7, 11) is 1.47. The number of anilines is 1. The fourth-order valence-electron chi connectivity index (χ4n) is 1.35. The van der Waals surface area contributed by atoms with Gasteiger partial charge in [0, 0.05) is 12.1 Å². The Bertz CT molecular complexity index is 601. The van der Waals surface area contributed by atoms with Crippen LogP contribution in [0.3, 0.4) is 0 Å². The molecule has 0 fully saturated rings. The Hall–Kier alpha value is -2.42. The number of methoxy groups -OCH3 is 1. The summed E-state index contributed by atoms with van der Waals surface area (Å²) >= 11 is 1.16. The van der Waals surface area contributed by atoms with Crippen molar-refractivity contribution in [3.05, 3.63) is 33.3 Å². The Kier molecular flexibility index (Phi) is 3.76. The van der Waals surface area contributed by atoms with Crippen LogP contribution < -0.4 is 15.2 Å². The van der Waals surface area contributed by atoms with E-state index in [9.17, 15) is 10.1 Å². The van der Waals surface area contributed by atoms with Gasteiger partial charge in [-0.1, -0.05) is 11.3 Å². The third-order valence-corrected chi connectivity index (χ3v) is 2.92. The molecule has 1 aromatic heterocycles. The molecule has 2 rings (SSSR count). The largest absolute Gasteiger partial charge is 0.497 e. The molecule has 9 heteroatoms. The van der Waals surface area contributed by atoms with Crippen LogP contribution in [0.15, 0.2) is 18.2 Å².